The van der Waals surface area contributed by atoms with Gasteiger partial charge >= 0.3 is 0 Å². The number of thiol groups is 1. The highest BCUT2D eigenvalue weighted by Gasteiger charge is 2.09. The van der Waals surface area contributed by atoms with Crippen LogP contribution in [0.1, 0.15) is 26.3 Å². The van der Waals surface area contributed by atoms with Crippen LogP contribution in [0.25, 0.3) is 0 Å². The summed E-state index contributed by atoms with van der Waals surface area (Å²) in [6.45, 7) is 6.84. The molecule has 0 aliphatic heterocycles. The minimum absolute atomic E-state index is 0.0554. The Hall–Kier alpha value is -0.0800. The van der Waals surface area contributed by atoms with Gasteiger partial charge in [0.25, 0.3) is 0 Å². The summed E-state index contributed by atoms with van der Waals surface area (Å²) in [7, 11) is 0.0554. The minimum Gasteiger partial charge on any atom is -0.233 e. The van der Waals surface area contributed by atoms with Gasteiger partial charge in [0.05, 0.1) is 0 Å². The summed E-state index contributed by atoms with van der Waals surface area (Å²) in [5, 5.41) is 0. The van der Waals surface area contributed by atoms with Gasteiger partial charge in [0.1, 0.15) is 0 Å². The van der Waals surface area contributed by atoms with E-state index in [4.69, 9.17) is 0 Å². The fourth-order valence-electron chi connectivity index (χ4n) is 1.44. The first-order chi connectivity index (χ1) is 7.38. The van der Waals surface area contributed by atoms with Crippen LogP contribution < -0.4 is 0 Å². The van der Waals surface area contributed by atoms with Crippen molar-refractivity contribution in [1.29, 1.82) is 0 Å². The van der Waals surface area contributed by atoms with Crippen LogP contribution in [0, 0.1) is 0 Å². The monoisotopic (exact) mass is 256 g/mol. The topological polar surface area (TPSA) is 0 Å². The van der Waals surface area contributed by atoms with E-state index < -0.39 is 0 Å². The summed E-state index contributed by atoms with van der Waals surface area (Å²) in [5.74, 6) is 1.22. The largest absolute Gasteiger partial charge is 0.233 e. The highest BCUT2D eigenvalue weighted by atomic mass is 32.2. The molecule has 0 atom stereocenters. The Morgan fingerprint density at radius 3 is 2.06 bits per heavy atom. The number of aryl methyl sites for hydroxylation is 1. The van der Waals surface area contributed by atoms with Gasteiger partial charge in [-0.05, 0) is 35.1 Å². The molecule has 0 aliphatic rings. The molecule has 0 nitrogen and oxygen atoms in total. The second-order valence-corrected chi connectivity index (χ2v) is 9.50. The predicted octanol–water partition coefficient (Wildman–Crippen LogP) is 4.38. The van der Waals surface area contributed by atoms with Gasteiger partial charge in [-0.2, -0.15) is 11.8 Å². The second-order valence-electron chi connectivity index (χ2n) is 5.27. The lowest BCUT2D eigenvalue weighted by atomic mass is 10.2. The van der Waals surface area contributed by atoms with Crippen molar-refractivity contribution in [3.8, 4) is 0 Å². The van der Waals surface area contributed by atoms with Crippen molar-refractivity contribution < 1.29 is 0 Å². The van der Waals surface area contributed by atoms with Crippen molar-refractivity contribution in [2.24, 2.45) is 0 Å². The van der Waals surface area contributed by atoms with Crippen LogP contribution in [0.4, 0.5) is 0 Å². The number of thioether (sulfide) groups is 1. The van der Waals surface area contributed by atoms with E-state index in [2.05, 4.69) is 57.5 Å². The van der Waals surface area contributed by atoms with Crippen molar-refractivity contribution in [3.05, 3.63) is 29.8 Å². The number of hydrogen-bond acceptors (Lipinski definition) is 1. The van der Waals surface area contributed by atoms with Crippen molar-refractivity contribution in [2.45, 2.75) is 36.8 Å². The molecule has 2 heteroatoms. The SMILES string of the molecule is C[SH](C)c1ccc(CCSC(C)(C)C)cc1. The number of rotatable bonds is 4. The molecular formula is C14H24S2. The Balaban J connectivity index is 2.44. The zero-order valence-electron chi connectivity index (χ0n) is 11.1. The van der Waals surface area contributed by atoms with E-state index in [-0.39, 0.29) is 10.9 Å². The lowest BCUT2D eigenvalue weighted by Crippen LogP contribution is -2.09. The van der Waals surface area contributed by atoms with E-state index in [0.717, 1.165) is 0 Å². The first kappa shape index (κ1) is 14.0. The van der Waals surface area contributed by atoms with Gasteiger partial charge in [-0.25, -0.2) is 10.9 Å². The lowest BCUT2D eigenvalue weighted by Gasteiger charge is -2.17. The molecule has 0 radical (unpaired) electrons. The molecule has 1 aromatic carbocycles. The van der Waals surface area contributed by atoms with Crippen molar-refractivity contribution in [2.75, 3.05) is 18.3 Å². The van der Waals surface area contributed by atoms with E-state index in [1.54, 1.807) is 0 Å². The van der Waals surface area contributed by atoms with Crippen molar-refractivity contribution in [3.63, 3.8) is 0 Å². The molecule has 0 saturated heterocycles. The van der Waals surface area contributed by atoms with E-state index in [1.165, 1.54) is 22.6 Å². The van der Waals surface area contributed by atoms with Gasteiger partial charge < -0.3 is 0 Å². The lowest BCUT2D eigenvalue weighted by molar-refractivity contribution is 0.801. The molecule has 0 aliphatic carbocycles. The molecule has 0 N–H and O–H groups in total. The Bertz CT molecular complexity index is 307. The highest BCUT2D eigenvalue weighted by molar-refractivity contribution is 8.15. The average Bonchev–Trinajstić information content (AvgIpc) is 2.16. The molecular weight excluding hydrogens is 232 g/mol. The first-order valence-electron chi connectivity index (χ1n) is 5.79. The minimum atomic E-state index is 0.0554. The van der Waals surface area contributed by atoms with Gasteiger partial charge in [-0.3, -0.25) is 0 Å². The summed E-state index contributed by atoms with van der Waals surface area (Å²) in [4.78, 5) is 1.50. The maximum Gasteiger partial charge on any atom is 0.00752 e. The third kappa shape index (κ3) is 5.31. The van der Waals surface area contributed by atoms with Crippen LogP contribution in [-0.2, 0) is 6.42 Å². The maximum absolute atomic E-state index is 2.31. The molecule has 92 valence electrons. The van der Waals surface area contributed by atoms with Crippen LogP contribution in [-0.4, -0.2) is 23.0 Å². The molecule has 1 aromatic rings. The van der Waals surface area contributed by atoms with Gasteiger partial charge in [0.15, 0.2) is 0 Å². The van der Waals surface area contributed by atoms with E-state index in [0.29, 0.717) is 4.75 Å². The van der Waals surface area contributed by atoms with Gasteiger partial charge in [0.2, 0.25) is 0 Å². The van der Waals surface area contributed by atoms with Crippen LogP contribution >= 0.6 is 22.7 Å². The quantitative estimate of drug-likeness (QED) is 0.780. The van der Waals surface area contributed by atoms with E-state index in [1.807, 2.05) is 11.8 Å². The standard InChI is InChI=1S/C14H24S2/c1-14(2,3)15-11-10-12-6-8-13(9-7-12)16(4)5/h6-9,16H,10-11H2,1-5H3. The molecule has 16 heavy (non-hydrogen) atoms. The van der Waals surface area contributed by atoms with Crippen LogP contribution in [0.3, 0.4) is 0 Å². The zero-order valence-corrected chi connectivity index (χ0v) is 12.8. The van der Waals surface area contributed by atoms with Crippen LogP contribution in [0.5, 0.6) is 0 Å². The Kier molecular flexibility index (Phi) is 5.26. The molecule has 0 amide bonds. The van der Waals surface area contributed by atoms with Gasteiger partial charge in [-0.1, -0.05) is 45.0 Å². The zero-order chi connectivity index (χ0) is 12.2. The molecule has 1 rings (SSSR count). The Morgan fingerprint density at radius 2 is 1.62 bits per heavy atom. The third-order valence-electron chi connectivity index (χ3n) is 2.38. The molecule has 0 fully saturated rings. The van der Waals surface area contributed by atoms with Crippen molar-refractivity contribution >= 4 is 22.7 Å². The predicted molar refractivity (Wildman–Crippen MR) is 81.5 cm³/mol. The van der Waals surface area contributed by atoms with Gasteiger partial charge in [-0.15, -0.1) is 0 Å². The third-order valence-corrected chi connectivity index (χ3v) is 4.98. The maximum atomic E-state index is 2.31. The smallest absolute Gasteiger partial charge is 0.00752 e. The summed E-state index contributed by atoms with van der Waals surface area (Å²) in [6, 6.07) is 9.17. The average molecular weight is 256 g/mol. The Morgan fingerprint density at radius 1 is 1.06 bits per heavy atom. The number of benzene rings is 1. The van der Waals surface area contributed by atoms with Crippen LogP contribution in [0.15, 0.2) is 29.2 Å². The van der Waals surface area contributed by atoms with E-state index >= 15 is 0 Å². The molecule has 0 spiro atoms. The fourth-order valence-corrected chi connectivity index (χ4v) is 3.13. The molecule has 0 saturated carbocycles. The van der Waals surface area contributed by atoms with Crippen LogP contribution in [0.2, 0.25) is 0 Å². The molecule has 0 unspecified atom stereocenters. The van der Waals surface area contributed by atoms with Gasteiger partial charge in [0, 0.05) is 4.75 Å². The molecule has 0 aromatic heterocycles. The second kappa shape index (κ2) is 6.02. The Labute approximate surface area is 108 Å². The summed E-state index contributed by atoms with van der Waals surface area (Å²) in [6.07, 6.45) is 5.80. The normalized spacial score (nSPS) is 12.7. The number of hydrogen-bond donors (Lipinski definition) is 1. The van der Waals surface area contributed by atoms with E-state index in [9.17, 15) is 0 Å². The molecule has 0 heterocycles. The summed E-state index contributed by atoms with van der Waals surface area (Å²) >= 11 is 2.04. The first-order valence-corrected chi connectivity index (χ1v) is 9.01. The summed E-state index contributed by atoms with van der Waals surface area (Å²) < 4.78 is 0.390. The van der Waals surface area contributed by atoms with Crippen molar-refractivity contribution in [1.82, 2.24) is 0 Å². The highest BCUT2D eigenvalue weighted by Crippen LogP contribution is 2.28. The summed E-state index contributed by atoms with van der Waals surface area (Å²) in [5.41, 5.74) is 1.47. The fraction of sp³-hybridized carbons (Fsp3) is 0.571. The molecule has 0 bridgehead atoms.